The molecule has 0 aromatic heterocycles. The first-order valence-corrected chi connectivity index (χ1v) is 5.97. The summed E-state index contributed by atoms with van der Waals surface area (Å²) in [7, 11) is 0. The van der Waals surface area contributed by atoms with Gasteiger partial charge in [-0.2, -0.15) is 0 Å². The number of aromatic hydroxyl groups is 1. The van der Waals surface area contributed by atoms with Crippen LogP contribution in [0, 0.1) is 15.9 Å². The third-order valence-corrected chi connectivity index (χ3v) is 2.90. The van der Waals surface area contributed by atoms with E-state index in [9.17, 15) is 19.6 Å². The van der Waals surface area contributed by atoms with Crippen LogP contribution < -0.4 is 5.32 Å². The van der Waals surface area contributed by atoms with E-state index in [1.165, 1.54) is 6.07 Å². The van der Waals surface area contributed by atoms with Crippen molar-refractivity contribution in [1.82, 2.24) is 0 Å². The third-order valence-electron chi connectivity index (χ3n) is 2.90. The molecule has 6 heteroatoms. The Hall–Kier alpha value is -2.63. The van der Waals surface area contributed by atoms with E-state index in [1.807, 2.05) is 0 Å². The minimum atomic E-state index is -0.572. The highest BCUT2D eigenvalue weighted by Crippen LogP contribution is 2.29. The van der Waals surface area contributed by atoms with Gasteiger partial charge in [-0.25, -0.2) is 4.39 Å². The Bertz CT molecular complexity index is 646. The largest absolute Gasteiger partial charge is 0.508 e. The van der Waals surface area contributed by atoms with Crippen LogP contribution in [-0.4, -0.2) is 10.0 Å². The molecule has 2 rings (SSSR count). The summed E-state index contributed by atoms with van der Waals surface area (Å²) >= 11 is 0. The topological polar surface area (TPSA) is 75.4 Å². The van der Waals surface area contributed by atoms with Crippen molar-refractivity contribution in [2.24, 2.45) is 0 Å². The maximum absolute atomic E-state index is 13.2. The second kappa shape index (κ2) is 5.56. The lowest BCUT2D eigenvalue weighted by Gasteiger charge is -2.16. The number of rotatable bonds is 4. The van der Waals surface area contributed by atoms with Crippen LogP contribution in [-0.2, 0) is 0 Å². The fourth-order valence-electron chi connectivity index (χ4n) is 1.89. The molecule has 2 aromatic carbocycles. The van der Waals surface area contributed by atoms with Crippen LogP contribution in [0.2, 0.25) is 0 Å². The molecule has 2 N–H and O–H groups in total. The number of nitro groups is 1. The Morgan fingerprint density at radius 3 is 2.70 bits per heavy atom. The van der Waals surface area contributed by atoms with Crippen molar-refractivity contribution in [1.29, 1.82) is 0 Å². The lowest BCUT2D eigenvalue weighted by atomic mass is 10.1. The van der Waals surface area contributed by atoms with E-state index < -0.39 is 10.7 Å². The number of anilines is 1. The molecule has 1 atom stereocenters. The van der Waals surface area contributed by atoms with E-state index in [0.29, 0.717) is 0 Å². The molecule has 104 valence electrons. The van der Waals surface area contributed by atoms with Crippen LogP contribution in [0.5, 0.6) is 5.75 Å². The summed E-state index contributed by atoms with van der Waals surface area (Å²) in [6.07, 6.45) is 0. The number of phenols is 1. The van der Waals surface area contributed by atoms with Crippen molar-refractivity contribution >= 4 is 11.4 Å². The Balaban J connectivity index is 2.29. The number of halogens is 1. The van der Waals surface area contributed by atoms with E-state index in [1.54, 1.807) is 25.1 Å². The summed E-state index contributed by atoms with van der Waals surface area (Å²) in [5.74, 6) is -0.453. The SMILES string of the molecule is CC(Nc1cc(F)ccc1[N+](=O)[O-])c1cccc(O)c1. The minimum Gasteiger partial charge on any atom is -0.508 e. The van der Waals surface area contributed by atoms with Gasteiger partial charge < -0.3 is 10.4 Å². The molecular weight excluding hydrogens is 263 g/mol. The van der Waals surface area contributed by atoms with E-state index in [4.69, 9.17) is 0 Å². The molecule has 0 saturated carbocycles. The average Bonchev–Trinajstić information content (AvgIpc) is 2.38. The van der Waals surface area contributed by atoms with Gasteiger partial charge in [-0.1, -0.05) is 12.1 Å². The van der Waals surface area contributed by atoms with E-state index in [-0.39, 0.29) is 23.2 Å². The molecule has 20 heavy (non-hydrogen) atoms. The standard InChI is InChI=1S/C14H13FN2O3/c1-9(10-3-2-4-12(18)7-10)16-13-8-11(15)5-6-14(13)17(19)20/h2-9,16,18H,1H3. The Kier molecular flexibility index (Phi) is 3.84. The lowest BCUT2D eigenvalue weighted by Crippen LogP contribution is -2.08. The monoisotopic (exact) mass is 276 g/mol. The van der Waals surface area contributed by atoms with E-state index in [0.717, 1.165) is 23.8 Å². The number of nitrogens with zero attached hydrogens (tertiary/aromatic N) is 1. The lowest BCUT2D eigenvalue weighted by molar-refractivity contribution is -0.384. The van der Waals surface area contributed by atoms with Crippen molar-refractivity contribution < 1.29 is 14.4 Å². The molecule has 0 bridgehead atoms. The second-order valence-electron chi connectivity index (χ2n) is 4.38. The predicted octanol–water partition coefficient (Wildman–Crippen LogP) is 3.61. The number of hydrogen-bond donors (Lipinski definition) is 2. The van der Waals surface area contributed by atoms with E-state index in [2.05, 4.69) is 5.32 Å². The van der Waals surface area contributed by atoms with Crippen molar-refractivity contribution in [2.45, 2.75) is 13.0 Å². The molecule has 0 aliphatic rings. The van der Waals surface area contributed by atoms with Gasteiger partial charge in [0.05, 0.1) is 4.92 Å². The van der Waals surface area contributed by atoms with Gasteiger partial charge in [0.1, 0.15) is 17.3 Å². The minimum absolute atomic E-state index is 0.102. The van der Waals surface area contributed by atoms with Crippen LogP contribution >= 0.6 is 0 Å². The summed E-state index contributed by atoms with van der Waals surface area (Å²) in [6, 6.07) is 9.43. The van der Waals surface area contributed by atoms with Gasteiger partial charge in [0.2, 0.25) is 0 Å². The molecule has 0 saturated heterocycles. The van der Waals surface area contributed by atoms with Crippen molar-refractivity contribution in [3.63, 3.8) is 0 Å². The smallest absolute Gasteiger partial charge is 0.292 e. The predicted molar refractivity (Wildman–Crippen MR) is 73.2 cm³/mol. The highest BCUT2D eigenvalue weighted by Gasteiger charge is 2.17. The quantitative estimate of drug-likeness (QED) is 0.660. The summed E-state index contributed by atoms with van der Waals surface area (Å²) in [5.41, 5.74) is 0.646. The van der Waals surface area contributed by atoms with Crippen molar-refractivity contribution in [3.05, 3.63) is 64.0 Å². The maximum atomic E-state index is 13.2. The Morgan fingerprint density at radius 2 is 2.05 bits per heavy atom. The van der Waals surface area contributed by atoms with Crippen LogP contribution in [0.25, 0.3) is 0 Å². The summed E-state index contributed by atoms with van der Waals surface area (Å²) in [4.78, 5) is 10.3. The van der Waals surface area contributed by atoms with Crippen LogP contribution in [0.3, 0.4) is 0 Å². The van der Waals surface area contributed by atoms with Gasteiger partial charge in [0.15, 0.2) is 0 Å². The van der Waals surface area contributed by atoms with Crippen LogP contribution in [0.1, 0.15) is 18.5 Å². The zero-order chi connectivity index (χ0) is 14.7. The molecular formula is C14H13FN2O3. The first-order chi connectivity index (χ1) is 9.47. The van der Waals surface area contributed by atoms with Gasteiger partial charge >= 0.3 is 0 Å². The molecule has 2 aromatic rings. The van der Waals surface area contributed by atoms with Gasteiger partial charge in [-0.05, 0) is 30.7 Å². The second-order valence-corrected chi connectivity index (χ2v) is 4.38. The average molecular weight is 276 g/mol. The van der Waals surface area contributed by atoms with Crippen molar-refractivity contribution in [3.8, 4) is 5.75 Å². The molecule has 0 fully saturated rings. The summed E-state index contributed by atoms with van der Waals surface area (Å²) < 4.78 is 13.2. The highest BCUT2D eigenvalue weighted by atomic mass is 19.1. The number of phenolic OH excluding ortho intramolecular Hbond substituents is 1. The van der Waals surface area contributed by atoms with Gasteiger partial charge in [0, 0.05) is 18.2 Å². The summed E-state index contributed by atoms with van der Waals surface area (Å²) in [6.45, 7) is 1.77. The van der Waals surface area contributed by atoms with E-state index >= 15 is 0 Å². The highest BCUT2D eigenvalue weighted by molar-refractivity contribution is 5.62. The summed E-state index contributed by atoms with van der Waals surface area (Å²) in [5, 5.41) is 23.2. The Morgan fingerprint density at radius 1 is 1.30 bits per heavy atom. The zero-order valence-corrected chi connectivity index (χ0v) is 10.7. The molecule has 0 amide bonds. The van der Waals surface area contributed by atoms with Gasteiger partial charge in [-0.15, -0.1) is 0 Å². The molecule has 0 radical (unpaired) electrons. The molecule has 0 spiro atoms. The maximum Gasteiger partial charge on any atom is 0.292 e. The number of benzene rings is 2. The number of nitro benzene ring substituents is 1. The first-order valence-electron chi connectivity index (χ1n) is 5.97. The normalized spacial score (nSPS) is 11.9. The number of nitrogens with one attached hydrogen (secondary N) is 1. The molecule has 0 heterocycles. The van der Waals surface area contributed by atoms with Gasteiger partial charge in [0.25, 0.3) is 5.69 Å². The molecule has 0 aliphatic carbocycles. The van der Waals surface area contributed by atoms with Gasteiger partial charge in [-0.3, -0.25) is 10.1 Å². The molecule has 0 aliphatic heterocycles. The molecule has 5 nitrogen and oxygen atoms in total. The van der Waals surface area contributed by atoms with Crippen molar-refractivity contribution in [2.75, 3.05) is 5.32 Å². The fourth-order valence-corrected chi connectivity index (χ4v) is 1.89. The Labute approximate surface area is 114 Å². The fraction of sp³-hybridized carbons (Fsp3) is 0.143. The van der Waals surface area contributed by atoms with Crippen LogP contribution in [0.4, 0.5) is 15.8 Å². The van der Waals surface area contributed by atoms with Crippen LogP contribution in [0.15, 0.2) is 42.5 Å². The molecule has 1 unspecified atom stereocenters. The third kappa shape index (κ3) is 3.03. The first kappa shape index (κ1) is 13.8. The number of hydrogen-bond acceptors (Lipinski definition) is 4. The zero-order valence-electron chi connectivity index (χ0n) is 10.7.